The van der Waals surface area contributed by atoms with Crippen molar-refractivity contribution in [2.24, 2.45) is 11.7 Å². The van der Waals surface area contributed by atoms with Crippen LogP contribution in [-0.4, -0.2) is 0 Å². The molecule has 2 rings (SSSR count). The highest BCUT2D eigenvalue weighted by molar-refractivity contribution is 7.16. The van der Waals surface area contributed by atoms with Crippen molar-refractivity contribution in [2.75, 3.05) is 0 Å². The Morgan fingerprint density at radius 2 is 2.07 bits per heavy atom. The van der Waals surface area contributed by atoms with Crippen LogP contribution in [0.2, 0.25) is 4.34 Å². The van der Waals surface area contributed by atoms with E-state index in [1.165, 1.54) is 42.5 Å². The van der Waals surface area contributed by atoms with Gasteiger partial charge < -0.3 is 5.73 Å². The first-order valence-corrected chi connectivity index (χ1v) is 6.89. The van der Waals surface area contributed by atoms with Crippen molar-refractivity contribution in [3.05, 3.63) is 20.8 Å². The van der Waals surface area contributed by atoms with Crippen LogP contribution in [0.4, 0.5) is 0 Å². The summed E-state index contributed by atoms with van der Waals surface area (Å²) in [6.45, 7) is 2.05. The monoisotopic (exact) mass is 243 g/mol. The van der Waals surface area contributed by atoms with Crippen LogP contribution in [0.5, 0.6) is 0 Å². The van der Waals surface area contributed by atoms with Crippen LogP contribution in [0.3, 0.4) is 0 Å². The van der Waals surface area contributed by atoms with E-state index in [9.17, 15) is 0 Å². The predicted molar refractivity (Wildman–Crippen MR) is 67.6 cm³/mol. The number of thiophene rings is 1. The van der Waals surface area contributed by atoms with E-state index >= 15 is 0 Å². The van der Waals surface area contributed by atoms with Gasteiger partial charge in [0.2, 0.25) is 0 Å². The molecule has 3 heteroatoms. The normalized spacial score (nSPS) is 20.5. The van der Waals surface area contributed by atoms with Gasteiger partial charge in [-0.3, -0.25) is 0 Å². The Balaban J connectivity index is 2.08. The number of rotatable bonds is 2. The van der Waals surface area contributed by atoms with Gasteiger partial charge in [0.1, 0.15) is 0 Å². The van der Waals surface area contributed by atoms with Crippen molar-refractivity contribution in [3.8, 4) is 0 Å². The van der Waals surface area contributed by atoms with Crippen LogP contribution in [-0.2, 0) is 0 Å². The summed E-state index contributed by atoms with van der Waals surface area (Å²) >= 11 is 7.73. The van der Waals surface area contributed by atoms with E-state index in [1.54, 1.807) is 11.3 Å². The van der Waals surface area contributed by atoms with E-state index in [1.807, 2.05) is 0 Å². The molecule has 1 aromatic heterocycles. The summed E-state index contributed by atoms with van der Waals surface area (Å²) in [5.74, 6) is 0.674. The lowest BCUT2D eigenvalue weighted by Crippen LogP contribution is -2.22. The van der Waals surface area contributed by atoms with E-state index in [-0.39, 0.29) is 6.04 Å². The van der Waals surface area contributed by atoms with Crippen molar-refractivity contribution in [1.82, 2.24) is 0 Å². The molecular weight excluding hydrogens is 226 g/mol. The van der Waals surface area contributed by atoms with E-state index in [4.69, 9.17) is 17.3 Å². The molecule has 1 fully saturated rings. The van der Waals surface area contributed by atoms with Crippen molar-refractivity contribution in [3.63, 3.8) is 0 Å². The number of hydrogen-bond acceptors (Lipinski definition) is 2. The molecule has 84 valence electrons. The third-order valence-corrected chi connectivity index (χ3v) is 5.02. The first kappa shape index (κ1) is 11.4. The lowest BCUT2D eigenvalue weighted by molar-refractivity contribution is 0.310. The van der Waals surface area contributed by atoms with Crippen LogP contribution in [0.15, 0.2) is 6.07 Å². The Morgan fingerprint density at radius 3 is 2.60 bits per heavy atom. The summed E-state index contributed by atoms with van der Waals surface area (Å²) in [5, 5.41) is 0. The molecule has 0 aromatic carbocycles. The molecule has 1 saturated carbocycles. The van der Waals surface area contributed by atoms with Gasteiger partial charge in [-0.15, -0.1) is 11.3 Å². The van der Waals surface area contributed by atoms with Crippen molar-refractivity contribution in [2.45, 2.75) is 45.1 Å². The molecule has 0 amide bonds. The predicted octanol–water partition coefficient (Wildman–Crippen LogP) is 4.29. The number of nitrogens with two attached hydrogens (primary N) is 1. The van der Waals surface area contributed by atoms with E-state index in [0.717, 1.165) is 4.34 Å². The Kier molecular flexibility index (Phi) is 3.70. The number of aryl methyl sites for hydroxylation is 1. The molecular formula is C12H18ClNS. The lowest BCUT2D eigenvalue weighted by Gasteiger charge is -2.26. The van der Waals surface area contributed by atoms with Crippen LogP contribution in [0.1, 0.15) is 48.6 Å². The first-order valence-electron chi connectivity index (χ1n) is 5.70. The fourth-order valence-electron chi connectivity index (χ4n) is 2.37. The minimum absolute atomic E-state index is 0.210. The molecule has 0 spiro atoms. The smallest absolute Gasteiger partial charge is 0.0960 e. The molecule has 2 N–H and O–H groups in total. The molecule has 0 radical (unpaired) electrons. The number of hydrogen-bond donors (Lipinski definition) is 1. The summed E-state index contributed by atoms with van der Waals surface area (Å²) in [6, 6.07) is 2.37. The van der Waals surface area contributed by atoms with E-state index < -0.39 is 0 Å². The molecule has 1 nitrogen and oxygen atoms in total. The van der Waals surface area contributed by atoms with Gasteiger partial charge in [0, 0.05) is 10.9 Å². The minimum atomic E-state index is 0.210. The molecule has 0 bridgehead atoms. The number of halogens is 1. The Hall–Kier alpha value is -0.0500. The second kappa shape index (κ2) is 4.86. The van der Waals surface area contributed by atoms with Gasteiger partial charge in [0.25, 0.3) is 0 Å². The molecule has 1 heterocycles. The molecule has 0 aliphatic heterocycles. The summed E-state index contributed by atoms with van der Waals surface area (Å²) < 4.78 is 0.899. The summed E-state index contributed by atoms with van der Waals surface area (Å²) in [6.07, 6.45) is 6.64. The highest BCUT2D eigenvalue weighted by atomic mass is 35.5. The van der Waals surface area contributed by atoms with Gasteiger partial charge in [-0.05, 0) is 37.3 Å². The van der Waals surface area contributed by atoms with Crippen LogP contribution < -0.4 is 5.73 Å². The molecule has 1 atom stereocenters. The summed E-state index contributed by atoms with van der Waals surface area (Å²) in [7, 11) is 0. The SMILES string of the molecule is Cc1cc(C(N)C2CCCCC2)sc1Cl. The lowest BCUT2D eigenvalue weighted by atomic mass is 9.84. The maximum atomic E-state index is 6.30. The third-order valence-electron chi connectivity index (χ3n) is 3.36. The van der Waals surface area contributed by atoms with Gasteiger partial charge in [-0.1, -0.05) is 30.9 Å². The zero-order valence-electron chi connectivity index (χ0n) is 9.13. The standard InChI is InChI=1S/C12H18ClNS/c1-8-7-10(15-12(8)13)11(14)9-5-3-2-4-6-9/h7,9,11H,2-6,14H2,1H3. The molecule has 15 heavy (non-hydrogen) atoms. The Labute approximate surface area is 101 Å². The van der Waals surface area contributed by atoms with Gasteiger partial charge >= 0.3 is 0 Å². The third kappa shape index (κ3) is 2.55. The maximum absolute atomic E-state index is 6.30. The zero-order chi connectivity index (χ0) is 10.8. The van der Waals surface area contributed by atoms with Gasteiger partial charge in [-0.2, -0.15) is 0 Å². The van der Waals surface area contributed by atoms with Crippen LogP contribution in [0, 0.1) is 12.8 Å². The highest BCUT2D eigenvalue weighted by Crippen LogP contribution is 2.38. The molecule has 1 aromatic rings. The van der Waals surface area contributed by atoms with Crippen molar-refractivity contribution in [1.29, 1.82) is 0 Å². The van der Waals surface area contributed by atoms with Crippen molar-refractivity contribution >= 4 is 22.9 Å². The molecule has 0 saturated heterocycles. The van der Waals surface area contributed by atoms with Gasteiger partial charge in [-0.25, -0.2) is 0 Å². The van der Waals surface area contributed by atoms with Gasteiger partial charge in [0.05, 0.1) is 4.34 Å². The fraction of sp³-hybridized carbons (Fsp3) is 0.667. The Morgan fingerprint density at radius 1 is 1.40 bits per heavy atom. The minimum Gasteiger partial charge on any atom is -0.323 e. The van der Waals surface area contributed by atoms with E-state index in [0.29, 0.717) is 5.92 Å². The van der Waals surface area contributed by atoms with Crippen LogP contribution >= 0.6 is 22.9 Å². The molecule has 1 aliphatic rings. The second-order valence-electron chi connectivity index (χ2n) is 4.53. The highest BCUT2D eigenvalue weighted by Gasteiger charge is 2.23. The Bertz CT molecular complexity index is 309. The maximum Gasteiger partial charge on any atom is 0.0960 e. The quantitative estimate of drug-likeness (QED) is 0.824. The van der Waals surface area contributed by atoms with Crippen molar-refractivity contribution < 1.29 is 0 Å². The molecule has 1 aliphatic carbocycles. The topological polar surface area (TPSA) is 26.0 Å². The van der Waals surface area contributed by atoms with Gasteiger partial charge in [0.15, 0.2) is 0 Å². The summed E-state index contributed by atoms with van der Waals surface area (Å²) in [4.78, 5) is 1.27. The van der Waals surface area contributed by atoms with Crippen LogP contribution in [0.25, 0.3) is 0 Å². The van der Waals surface area contributed by atoms with E-state index in [2.05, 4.69) is 13.0 Å². The zero-order valence-corrected chi connectivity index (χ0v) is 10.7. The average molecular weight is 244 g/mol. The first-order chi connectivity index (χ1) is 7.18. The summed E-state index contributed by atoms with van der Waals surface area (Å²) in [5.41, 5.74) is 7.47. The average Bonchev–Trinajstić information content (AvgIpc) is 2.59. The molecule has 1 unspecified atom stereocenters. The second-order valence-corrected chi connectivity index (χ2v) is 6.22. The largest absolute Gasteiger partial charge is 0.323 e. The fourth-order valence-corrected chi connectivity index (χ4v) is 3.69.